The second kappa shape index (κ2) is 6.84. The lowest BCUT2D eigenvalue weighted by molar-refractivity contribution is -0.137. The van der Waals surface area contributed by atoms with Gasteiger partial charge in [0.1, 0.15) is 11.5 Å². The van der Waals surface area contributed by atoms with Crippen LogP contribution < -0.4 is 4.74 Å². The predicted octanol–water partition coefficient (Wildman–Crippen LogP) is 5.81. The number of pyridine rings is 2. The van der Waals surface area contributed by atoms with Gasteiger partial charge in [0.2, 0.25) is 5.88 Å². The van der Waals surface area contributed by atoms with Gasteiger partial charge in [-0.15, -0.1) is 0 Å². The van der Waals surface area contributed by atoms with E-state index in [9.17, 15) is 18.3 Å². The highest BCUT2D eigenvalue weighted by atomic mass is 19.4. The molecule has 0 atom stereocenters. The summed E-state index contributed by atoms with van der Waals surface area (Å²) in [5, 5.41) is 10.5. The van der Waals surface area contributed by atoms with Crippen molar-refractivity contribution >= 4 is 10.9 Å². The molecule has 4 rings (SSSR count). The summed E-state index contributed by atoms with van der Waals surface area (Å²) >= 11 is 0. The molecule has 0 fully saturated rings. The molecule has 0 aliphatic rings. The molecule has 140 valence electrons. The van der Waals surface area contributed by atoms with Crippen molar-refractivity contribution in [1.29, 1.82) is 0 Å². The van der Waals surface area contributed by atoms with E-state index in [0.717, 1.165) is 17.5 Å². The molecule has 1 N–H and O–H groups in total. The number of aromatic nitrogens is 2. The molecular formula is C21H13F3N2O2. The standard InChI is InChI=1S/C21H13F3N2O2/c22-21(23,24)15-5-6-17(13-2-1-3-16(27)10-13)19(11-15)28-20-7-4-14-12-25-9-8-18(14)26-20/h1-12,27H. The molecule has 4 nitrogen and oxygen atoms in total. The second-order valence-electron chi connectivity index (χ2n) is 6.08. The molecule has 0 aliphatic heterocycles. The molecule has 0 amide bonds. The van der Waals surface area contributed by atoms with Crippen molar-refractivity contribution in [2.45, 2.75) is 6.18 Å². The summed E-state index contributed by atoms with van der Waals surface area (Å²) in [5.41, 5.74) is 0.698. The summed E-state index contributed by atoms with van der Waals surface area (Å²) < 4.78 is 45.3. The van der Waals surface area contributed by atoms with Gasteiger partial charge >= 0.3 is 6.18 Å². The van der Waals surface area contributed by atoms with Crippen LogP contribution in [0, 0.1) is 0 Å². The number of phenolic OH excluding ortho intramolecular Hbond substituents is 1. The van der Waals surface area contributed by atoms with E-state index < -0.39 is 11.7 Å². The third-order valence-corrected chi connectivity index (χ3v) is 4.14. The third-order valence-electron chi connectivity index (χ3n) is 4.14. The fourth-order valence-corrected chi connectivity index (χ4v) is 2.81. The Morgan fingerprint density at radius 1 is 0.929 bits per heavy atom. The number of phenols is 1. The number of hydrogen-bond acceptors (Lipinski definition) is 4. The Hall–Kier alpha value is -3.61. The molecule has 2 heterocycles. The Morgan fingerprint density at radius 2 is 1.79 bits per heavy atom. The molecule has 0 spiro atoms. The summed E-state index contributed by atoms with van der Waals surface area (Å²) in [6.07, 6.45) is -1.31. The van der Waals surface area contributed by atoms with Crippen molar-refractivity contribution in [3.8, 4) is 28.5 Å². The number of ether oxygens (including phenoxy) is 1. The Balaban J connectivity index is 1.82. The van der Waals surface area contributed by atoms with Crippen LogP contribution in [0.3, 0.4) is 0 Å². The van der Waals surface area contributed by atoms with Crippen LogP contribution in [0.25, 0.3) is 22.0 Å². The van der Waals surface area contributed by atoms with E-state index in [1.165, 1.54) is 18.2 Å². The van der Waals surface area contributed by atoms with Gasteiger partial charge in [0.05, 0.1) is 11.1 Å². The van der Waals surface area contributed by atoms with Crippen LogP contribution in [0.15, 0.2) is 73.1 Å². The molecule has 0 saturated carbocycles. The van der Waals surface area contributed by atoms with Crippen molar-refractivity contribution in [3.05, 3.63) is 78.6 Å². The zero-order chi connectivity index (χ0) is 19.7. The maximum Gasteiger partial charge on any atom is 0.416 e. The summed E-state index contributed by atoms with van der Waals surface area (Å²) in [6, 6.07) is 14.4. The molecule has 0 unspecified atom stereocenters. The van der Waals surface area contributed by atoms with Gasteiger partial charge < -0.3 is 9.84 Å². The Morgan fingerprint density at radius 3 is 2.57 bits per heavy atom. The van der Waals surface area contributed by atoms with E-state index in [1.807, 2.05) is 0 Å². The molecule has 7 heteroatoms. The third kappa shape index (κ3) is 3.59. The second-order valence-corrected chi connectivity index (χ2v) is 6.08. The van der Waals surface area contributed by atoms with Crippen molar-refractivity contribution in [3.63, 3.8) is 0 Å². The maximum atomic E-state index is 13.2. The minimum absolute atomic E-state index is 0.000298. The van der Waals surface area contributed by atoms with Gasteiger partial charge in [0.25, 0.3) is 0 Å². The van der Waals surface area contributed by atoms with Gasteiger partial charge in [-0.05, 0) is 42.0 Å². The zero-order valence-corrected chi connectivity index (χ0v) is 14.3. The van der Waals surface area contributed by atoms with E-state index in [0.29, 0.717) is 16.6 Å². The molecule has 0 radical (unpaired) electrons. The van der Waals surface area contributed by atoms with Crippen LogP contribution >= 0.6 is 0 Å². The van der Waals surface area contributed by atoms with Gasteiger partial charge in [-0.3, -0.25) is 4.98 Å². The molecule has 28 heavy (non-hydrogen) atoms. The quantitative estimate of drug-likeness (QED) is 0.486. The molecule has 0 aliphatic carbocycles. The van der Waals surface area contributed by atoms with Crippen LogP contribution in [-0.4, -0.2) is 15.1 Å². The van der Waals surface area contributed by atoms with Crippen molar-refractivity contribution in [2.75, 3.05) is 0 Å². The lowest BCUT2D eigenvalue weighted by atomic mass is 10.0. The highest BCUT2D eigenvalue weighted by Crippen LogP contribution is 2.39. The number of nitrogens with zero attached hydrogens (tertiary/aromatic N) is 2. The zero-order valence-electron chi connectivity index (χ0n) is 14.3. The van der Waals surface area contributed by atoms with Crippen LogP contribution in [-0.2, 0) is 6.18 Å². The van der Waals surface area contributed by atoms with Gasteiger partial charge in [-0.1, -0.05) is 18.2 Å². The molecular weight excluding hydrogens is 369 g/mol. The summed E-state index contributed by atoms with van der Waals surface area (Å²) in [6.45, 7) is 0. The summed E-state index contributed by atoms with van der Waals surface area (Å²) in [4.78, 5) is 8.32. The van der Waals surface area contributed by atoms with Crippen LogP contribution in [0.5, 0.6) is 17.4 Å². The van der Waals surface area contributed by atoms with E-state index in [2.05, 4.69) is 9.97 Å². The van der Waals surface area contributed by atoms with Crippen LogP contribution in [0.2, 0.25) is 0 Å². The van der Waals surface area contributed by atoms with E-state index in [-0.39, 0.29) is 17.4 Å². The van der Waals surface area contributed by atoms with Gasteiger partial charge in [0, 0.05) is 29.4 Å². The summed E-state index contributed by atoms with van der Waals surface area (Å²) in [7, 11) is 0. The monoisotopic (exact) mass is 382 g/mol. The highest BCUT2D eigenvalue weighted by molar-refractivity contribution is 5.78. The number of halogens is 3. The van der Waals surface area contributed by atoms with E-state index >= 15 is 0 Å². The Bertz CT molecular complexity index is 1160. The number of hydrogen-bond donors (Lipinski definition) is 1. The smallest absolute Gasteiger partial charge is 0.416 e. The molecule has 0 bridgehead atoms. The van der Waals surface area contributed by atoms with E-state index in [1.54, 1.807) is 42.7 Å². The first-order valence-corrected chi connectivity index (χ1v) is 8.29. The molecule has 0 saturated heterocycles. The van der Waals surface area contributed by atoms with Crippen LogP contribution in [0.4, 0.5) is 13.2 Å². The lowest BCUT2D eigenvalue weighted by Crippen LogP contribution is -2.05. The van der Waals surface area contributed by atoms with E-state index in [4.69, 9.17) is 4.74 Å². The first kappa shape index (κ1) is 17.8. The average Bonchev–Trinajstić information content (AvgIpc) is 2.67. The maximum absolute atomic E-state index is 13.2. The lowest BCUT2D eigenvalue weighted by Gasteiger charge is -2.15. The predicted molar refractivity (Wildman–Crippen MR) is 98.2 cm³/mol. The Labute approximate surface area is 157 Å². The number of aromatic hydroxyl groups is 1. The summed E-state index contributed by atoms with van der Waals surface area (Å²) in [5.74, 6) is 0.139. The SMILES string of the molecule is Oc1cccc(-c2ccc(C(F)(F)F)cc2Oc2ccc3cnccc3n2)c1. The molecule has 4 aromatic rings. The fourth-order valence-electron chi connectivity index (χ4n) is 2.81. The van der Waals surface area contributed by atoms with Gasteiger partial charge in [-0.25, -0.2) is 4.98 Å². The van der Waals surface area contributed by atoms with Crippen molar-refractivity contribution < 1.29 is 23.0 Å². The first-order valence-electron chi connectivity index (χ1n) is 8.29. The number of alkyl halides is 3. The molecule has 2 aromatic heterocycles. The Kier molecular flexibility index (Phi) is 4.35. The number of rotatable bonds is 3. The highest BCUT2D eigenvalue weighted by Gasteiger charge is 2.31. The number of fused-ring (bicyclic) bond motifs is 1. The van der Waals surface area contributed by atoms with Crippen molar-refractivity contribution in [2.24, 2.45) is 0 Å². The normalized spacial score (nSPS) is 11.5. The topological polar surface area (TPSA) is 55.2 Å². The van der Waals surface area contributed by atoms with Crippen LogP contribution in [0.1, 0.15) is 5.56 Å². The van der Waals surface area contributed by atoms with Crippen molar-refractivity contribution in [1.82, 2.24) is 9.97 Å². The molecule has 2 aromatic carbocycles. The van der Waals surface area contributed by atoms with Gasteiger partial charge in [-0.2, -0.15) is 13.2 Å². The largest absolute Gasteiger partial charge is 0.508 e. The minimum Gasteiger partial charge on any atom is -0.508 e. The number of benzene rings is 2. The van der Waals surface area contributed by atoms with Gasteiger partial charge in [0.15, 0.2) is 0 Å². The fraction of sp³-hybridized carbons (Fsp3) is 0.0476. The minimum atomic E-state index is -4.52. The average molecular weight is 382 g/mol. The first-order chi connectivity index (χ1) is 13.4.